The van der Waals surface area contributed by atoms with Gasteiger partial charge in [-0.1, -0.05) is 0 Å². The molecule has 4 nitrogen and oxygen atoms in total. The molecule has 1 atom stereocenters. The molecule has 6 heteroatoms. The summed E-state index contributed by atoms with van der Waals surface area (Å²) in [6.07, 6.45) is 4.37. The van der Waals surface area contributed by atoms with Crippen LogP contribution in [0.1, 0.15) is 31.4 Å². The Bertz CT molecular complexity index is 648. The van der Waals surface area contributed by atoms with Crippen LogP contribution in [0.3, 0.4) is 0 Å². The molecule has 116 valence electrons. The van der Waals surface area contributed by atoms with Crippen molar-refractivity contribution in [3.63, 3.8) is 0 Å². The molecule has 0 unspecified atom stereocenters. The third kappa shape index (κ3) is 3.09. The van der Waals surface area contributed by atoms with Crippen molar-refractivity contribution in [1.29, 1.82) is 0 Å². The zero-order chi connectivity index (χ0) is 14.9. The van der Waals surface area contributed by atoms with Gasteiger partial charge in [0.25, 0.3) is 0 Å². The van der Waals surface area contributed by atoms with E-state index in [0.29, 0.717) is 6.04 Å². The quantitative estimate of drug-likeness (QED) is 0.914. The lowest BCUT2D eigenvalue weighted by Gasteiger charge is -2.22. The molecule has 4 rings (SSSR count). The second-order valence-corrected chi connectivity index (χ2v) is 7.71. The number of amides is 1. The highest BCUT2D eigenvalue weighted by Gasteiger charge is 2.34. The summed E-state index contributed by atoms with van der Waals surface area (Å²) in [4.78, 5) is 19.3. The molecule has 1 saturated heterocycles. The molecule has 0 bridgehead atoms. The molecule has 0 radical (unpaired) electrons. The Morgan fingerprint density at radius 3 is 3.05 bits per heavy atom. The molecule has 0 spiro atoms. The molecule has 3 heterocycles. The number of likely N-dealkylation sites (tertiary alicyclic amines) is 1. The van der Waals surface area contributed by atoms with E-state index in [2.05, 4.69) is 32.4 Å². The van der Waals surface area contributed by atoms with Crippen molar-refractivity contribution in [2.75, 3.05) is 6.54 Å². The van der Waals surface area contributed by atoms with Crippen LogP contribution in [0.15, 0.2) is 22.2 Å². The Hall–Kier alpha value is -1.24. The van der Waals surface area contributed by atoms with E-state index >= 15 is 0 Å². The number of hydrogen-bond donors (Lipinski definition) is 1. The van der Waals surface area contributed by atoms with Gasteiger partial charge < -0.3 is 5.32 Å². The van der Waals surface area contributed by atoms with Crippen LogP contribution in [-0.2, 0) is 11.3 Å². The van der Waals surface area contributed by atoms with E-state index in [1.54, 1.807) is 22.7 Å². The molecule has 2 fully saturated rings. The second kappa shape index (κ2) is 6.10. The second-order valence-electron chi connectivity index (χ2n) is 6.07. The maximum Gasteiger partial charge on any atom is 0.237 e. The lowest BCUT2D eigenvalue weighted by molar-refractivity contribution is -0.125. The summed E-state index contributed by atoms with van der Waals surface area (Å²) >= 11 is 3.39. The summed E-state index contributed by atoms with van der Waals surface area (Å²) in [6, 6.07) is 2.58. The van der Waals surface area contributed by atoms with Gasteiger partial charge in [0.2, 0.25) is 5.91 Å². The molecule has 1 N–H and O–H groups in total. The summed E-state index contributed by atoms with van der Waals surface area (Å²) in [5.74, 6) is 0.216. The van der Waals surface area contributed by atoms with Gasteiger partial charge in [-0.3, -0.25) is 9.69 Å². The normalized spacial score (nSPS) is 22.1. The Kier molecular flexibility index (Phi) is 3.98. The number of carbonyl (C=O) groups excluding carboxylic acids is 1. The smallest absolute Gasteiger partial charge is 0.237 e. The zero-order valence-corrected chi connectivity index (χ0v) is 14.0. The van der Waals surface area contributed by atoms with Gasteiger partial charge in [-0.25, -0.2) is 4.98 Å². The van der Waals surface area contributed by atoms with Gasteiger partial charge >= 0.3 is 0 Å². The van der Waals surface area contributed by atoms with Crippen molar-refractivity contribution < 1.29 is 4.79 Å². The van der Waals surface area contributed by atoms with Crippen molar-refractivity contribution in [3.8, 4) is 10.6 Å². The molecular formula is C16H19N3OS2. The fraction of sp³-hybridized carbons (Fsp3) is 0.500. The maximum absolute atomic E-state index is 12.3. The van der Waals surface area contributed by atoms with Gasteiger partial charge in [0, 0.05) is 28.9 Å². The Labute approximate surface area is 138 Å². The van der Waals surface area contributed by atoms with E-state index in [4.69, 9.17) is 4.98 Å². The zero-order valence-electron chi connectivity index (χ0n) is 12.3. The van der Waals surface area contributed by atoms with E-state index < -0.39 is 0 Å². The van der Waals surface area contributed by atoms with Crippen molar-refractivity contribution in [2.45, 2.75) is 44.3 Å². The summed E-state index contributed by atoms with van der Waals surface area (Å²) in [5.41, 5.74) is 2.28. The third-order valence-electron chi connectivity index (χ3n) is 4.28. The number of rotatable bonds is 5. The van der Waals surface area contributed by atoms with Crippen LogP contribution >= 0.6 is 22.7 Å². The molecule has 22 heavy (non-hydrogen) atoms. The first-order valence-electron chi connectivity index (χ1n) is 7.81. The minimum absolute atomic E-state index is 0.0342. The maximum atomic E-state index is 12.3. The first kappa shape index (κ1) is 14.4. The largest absolute Gasteiger partial charge is 0.352 e. The molecule has 2 aliphatic rings. The Morgan fingerprint density at radius 2 is 2.27 bits per heavy atom. The van der Waals surface area contributed by atoms with Crippen LogP contribution < -0.4 is 5.32 Å². The van der Waals surface area contributed by atoms with Gasteiger partial charge in [-0.05, 0) is 43.7 Å². The predicted molar refractivity (Wildman–Crippen MR) is 90.0 cm³/mol. The first-order valence-corrected chi connectivity index (χ1v) is 9.63. The van der Waals surface area contributed by atoms with Crippen LogP contribution in [0.25, 0.3) is 10.6 Å². The Balaban J connectivity index is 1.42. The summed E-state index contributed by atoms with van der Waals surface area (Å²) in [6.45, 7) is 1.78. The molecule has 1 aliphatic carbocycles. The fourth-order valence-electron chi connectivity index (χ4n) is 2.94. The van der Waals surface area contributed by atoms with Gasteiger partial charge in [-0.15, -0.1) is 11.3 Å². The van der Waals surface area contributed by atoms with Gasteiger partial charge in [0.05, 0.1) is 11.7 Å². The Morgan fingerprint density at radius 1 is 1.36 bits per heavy atom. The number of aromatic nitrogens is 1. The molecule has 2 aromatic heterocycles. The number of thiazole rings is 1. The molecule has 0 aromatic carbocycles. The lowest BCUT2D eigenvalue weighted by atomic mass is 10.2. The fourth-order valence-corrected chi connectivity index (χ4v) is 4.47. The van der Waals surface area contributed by atoms with E-state index in [0.717, 1.165) is 49.5 Å². The van der Waals surface area contributed by atoms with Crippen LogP contribution in [0.4, 0.5) is 0 Å². The topological polar surface area (TPSA) is 45.2 Å². The van der Waals surface area contributed by atoms with E-state index in [-0.39, 0.29) is 11.9 Å². The highest BCUT2D eigenvalue weighted by atomic mass is 32.1. The number of hydrogen-bond acceptors (Lipinski definition) is 5. The number of nitrogens with one attached hydrogen (secondary N) is 1. The van der Waals surface area contributed by atoms with Gasteiger partial charge in [0.15, 0.2) is 0 Å². The van der Waals surface area contributed by atoms with Crippen LogP contribution in [0, 0.1) is 0 Å². The summed E-state index contributed by atoms with van der Waals surface area (Å²) < 4.78 is 0. The van der Waals surface area contributed by atoms with Crippen molar-refractivity contribution in [1.82, 2.24) is 15.2 Å². The predicted octanol–water partition coefficient (Wildman–Crippen LogP) is 3.11. The molecular weight excluding hydrogens is 314 g/mol. The minimum Gasteiger partial charge on any atom is -0.352 e. The van der Waals surface area contributed by atoms with E-state index in [1.807, 2.05) is 0 Å². The van der Waals surface area contributed by atoms with E-state index in [9.17, 15) is 4.79 Å². The summed E-state index contributed by atoms with van der Waals surface area (Å²) in [5, 5.41) is 10.6. The van der Waals surface area contributed by atoms with Crippen LogP contribution in [0.5, 0.6) is 0 Å². The van der Waals surface area contributed by atoms with Gasteiger partial charge in [0.1, 0.15) is 5.01 Å². The third-order valence-corrected chi connectivity index (χ3v) is 5.90. The monoisotopic (exact) mass is 333 g/mol. The van der Waals surface area contributed by atoms with Crippen molar-refractivity contribution in [2.24, 2.45) is 0 Å². The van der Waals surface area contributed by atoms with Crippen molar-refractivity contribution in [3.05, 3.63) is 27.9 Å². The number of nitrogens with zero attached hydrogens (tertiary/aromatic N) is 2. The highest BCUT2D eigenvalue weighted by Crippen LogP contribution is 2.28. The van der Waals surface area contributed by atoms with Gasteiger partial charge in [-0.2, -0.15) is 11.3 Å². The summed E-state index contributed by atoms with van der Waals surface area (Å²) in [7, 11) is 0. The van der Waals surface area contributed by atoms with Crippen LogP contribution in [0.2, 0.25) is 0 Å². The van der Waals surface area contributed by atoms with E-state index in [1.165, 1.54) is 5.56 Å². The highest BCUT2D eigenvalue weighted by molar-refractivity contribution is 7.14. The number of carbonyl (C=O) groups is 1. The number of thiophene rings is 1. The molecule has 1 aliphatic heterocycles. The molecule has 1 amide bonds. The minimum atomic E-state index is 0.0342. The average molecular weight is 333 g/mol. The standard InChI is InChI=1S/C16H19N3OS2/c20-15(17-12-3-4-12)14-2-1-6-19(14)8-13-10-22-16(18-13)11-5-7-21-9-11/h5,7,9-10,12,14H,1-4,6,8H2,(H,17,20)/t14-/m1/s1. The first-order chi connectivity index (χ1) is 10.8. The van der Waals surface area contributed by atoms with Crippen molar-refractivity contribution >= 4 is 28.6 Å². The van der Waals surface area contributed by atoms with Crippen LogP contribution in [-0.4, -0.2) is 34.4 Å². The molecule has 1 saturated carbocycles. The molecule has 2 aromatic rings. The SMILES string of the molecule is O=C(NC1CC1)[C@H]1CCCN1Cc1csc(-c2ccsc2)n1. The lowest BCUT2D eigenvalue weighted by Crippen LogP contribution is -2.43. The average Bonchev–Trinajstić information content (AvgIpc) is 2.98.